The van der Waals surface area contributed by atoms with Gasteiger partial charge >= 0.3 is 69.8 Å². The van der Waals surface area contributed by atoms with E-state index in [1.54, 1.807) is 12.1 Å². The Morgan fingerprint density at radius 1 is 1.08 bits per heavy atom. The predicted molar refractivity (Wildman–Crippen MR) is 47.6 cm³/mol. The first kappa shape index (κ1) is 9.42. The first-order valence-electron chi connectivity index (χ1n) is 3.35. The fourth-order valence-electron chi connectivity index (χ4n) is 0.815. The summed E-state index contributed by atoms with van der Waals surface area (Å²) in [5, 5.41) is 0.142. The summed E-state index contributed by atoms with van der Waals surface area (Å²) in [6, 6.07) is 5.95. The Balaban J connectivity index is 2.93. The maximum atomic E-state index is 8.86. The third-order valence-electron chi connectivity index (χ3n) is 1.48. The van der Waals surface area contributed by atoms with Crippen molar-refractivity contribution in [1.29, 1.82) is 0 Å². The Labute approximate surface area is 70.6 Å². The molecule has 0 saturated carbocycles. The van der Waals surface area contributed by atoms with Crippen LogP contribution in [0.4, 0.5) is 0 Å². The molecule has 0 atom stereocenters. The van der Waals surface area contributed by atoms with E-state index in [9.17, 15) is 0 Å². The average molecular weight is 190 g/mol. The predicted octanol–water partition coefficient (Wildman–Crippen LogP) is -0.208. The molecular formula is C7H11O4P. The average Bonchev–Trinajstić information content (AvgIpc) is 2.03. The van der Waals surface area contributed by atoms with Crippen molar-refractivity contribution in [3.63, 3.8) is 0 Å². The van der Waals surface area contributed by atoms with Gasteiger partial charge in [0.1, 0.15) is 0 Å². The molecule has 1 aromatic carbocycles. The number of hydrogen-bond acceptors (Lipinski definition) is 4. The summed E-state index contributed by atoms with van der Waals surface area (Å²) in [4.78, 5) is 26.6. The Morgan fingerprint density at radius 2 is 1.58 bits per heavy atom. The molecule has 12 heavy (non-hydrogen) atoms. The van der Waals surface area contributed by atoms with E-state index in [2.05, 4.69) is 0 Å². The molecule has 0 aliphatic heterocycles. The zero-order valence-corrected chi connectivity index (χ0v) is 7.56. The molecule has 0 saturated heterocycles. The molecule has 0 unspecified atom stereocenters. The van der Waals surface area contributed by atoms with Crippen molar-refractivity contribution in [2.24, 2.45) is 0 Å². The maximum absolute atomic E-state index is 8.86. The molecule has 68 valence electrons. The van der Waals surface area contributed by atoms with E-state index >= 15 is 0 Å². The van der Waals surface area contributed by atoms with E-state index in [-0.39, 0.29) is 5.30 Å². The molecule has 0 amide bonds. The van der Waals surface area contributed by atoms with E-state index in [0.29, 0.717) is 5.75 Å². The molecule has 3 N–H and O–H groups in total. The Bertz CT molecular complexity index is 251. The molecule has 0 radical (unpaired) electrons. The molecule has 5 heteroatoms. The molecule has 0 aliphatic carbocycles. The van der Waals surface area contributed by atoms with Gasteiger partial charge < -0.3 is 0 Å². The van der Waals surface area contributed by atoms with Gasteiger partial charge in [0.25, 0.3) is 0 Å². The second-order valence-corrected chi connectivity index (χ2v) is 4.21. The van der Waals surface area contributed by atoms with Gasteiger partial charge in [0.15, 0.2) is 0 Å². The number of methoxy groups -OCH3 is 1. The van der Waals surface area contributed by atoms with Crippen molar-refractivity contribution in [2.75, 3.05) is 7.11 Å². The minimum absolute atomic E-state index is 0.142. The second-order valence-electron chi connectivity index (χ2n) is 2.36. The van der Waals surface area contributed by atoms with E-state index in [1.165, 1.54) is 19.2 Å². The normalized spacial score (nSPS) is 12.7. The van der Waals surface area contributed by atoms with Gasteiger partial charge in [-0.05, 0) is 0 Å². The van der Waals surface area contributed by atoms with Crippen LogP contribution < -0.4 is 10.0 Å². The van der Waals surface area contributed by atoms with Crippen LogP contribution in [0.25, 0.3) is 0 Å². The zero-order valence-electron chi connectivity index (χ0n) is 6.56. The van der Waals surface area contributed by atoms with Gasteiger partial charge in [0.2, 0.25) is 0 Å². The minimum atomic E-state index is -4.12. The van der Waals surface area contributed by atoms with Crippen LogP contribution in [0, 0.1) is 0 Å². The summed E-state index contributed by atoms with van der Waals surface area (Å²) >= 11 is 0. The van der Waals surface area contributed by atoms with Gasteiger partial charge in [-0.2, -0.15) is 0 Å². The molecule has 0 bridgehead atoms. The summed E-state index contributed by atoms with van der Waals surface area (Å²) < 4.78 is 4.85. The Hall–Kier alpha value is -0.670. The molecule has 1 rings (SSSR count). The van der Waals surface area contributed by atoms with Crippen LogP contribution in [0.2, 0.25) is 0 Å². The summed E-state index contributed by atoms with van der Waals surface area (Å²) in [6.07, 6.45) is 0. The Morgan fingerprint density at radius 3 is 1.92 bits per heavy atom. The molecule has 0 fully saturated rings. The molecular weight excluding hydrogens is 179 g/mol. The van der Waals surface area contributed by atoms with Crippen LogP contribution in [-0.2, 0) is 0 Å². The van der Waals surface area contributed by atoms with Crippen molar-refractivity contribution in [2.45, 2.75) is 0 Å². The summed E-state index contributed by atoms with van der Waals surface area (Å²) in [7, 11) is -2.61. The van der Waals surface area contributed by atoms with Crippen LogP contribution in [0.1, 0.15) is 0 Å². The third-order valence-corrected chi connectivity index (χ3v) is 2.59. The first-order valence-corrected chi connectivity index (χ1v) is 5.20. The van der Waals surface area contributed by atoms with E-state index in [0.717, 1.165) is 0 Å². The Kier molecular flexibility index (Phi) is 2.65. The summed E-state index contributed by atoms with van der Waals surface area (Å²) in [5.74, 6) is 0.608. The van der Waals surface area contributed by atoms with Crippen molar-refractivity contribution in [1.82, 2.24) is 0 Å². The zero-order chi connectivity index (χ0) is 9.19. The number of hydrogen-bond donors (Lipinski definition) is 3. The number of ether oxygens (including phenoxy) is 1. The fraction of sp³-hybridized carbons (Fsp3) is 0.143. The quantitative estimate of drug-likeness (QED) is 0.564. The van der Waals surface area contributed by atoms with Crippen LogP contribution in [0.3, 0.4) is 0 Å². The third kappa shape index (κ3) is 2.16. The topological polar surface area (TPSA) is 69.9 Å². The van der Waals surface area contributed by atoms with Crippen molar-refractivity contribution < 1.29 is 19.4 Å². The first-order chi connectivity index (χ1) is 5.54. The van der Waals surface area contributed by atoms with Crippen LogP contribution in [0.15, 0.2) is 24.3 Å². The summed E-state index contributed by atoms with van der Waals surface area (Å²) in [6.45, 7) is 0. The number of benzene rings is 1. The van der Waals surface area contributed by atoms with E-state index < -0.39 is 7.94 Å². The van der Waals surface area contributed by atoms with Crippen molar-refractivity contribution in [3.05, 3.63) is 24.3 Å². The summed E-state index contributed by atoms with van der Waals surface area (Å²) in [5.41, 5.74) is 0. The van der Waals surface area contributed by atoms with Crippen LogP contribution in [0.5, 0.6) is 5.75 Å². The molecule has 0 aromatic heterocycles. The van der Waals surface area contributed by atoms with Gasteiger partial charge in [-0.25, -0.2) is 0 Å². The monoisotopic (exact) mass is 190 g/mol. The van der Waals surface area contributed by atoms with Crippen LogP contribution in [-0.4, -0.2) is 21.8 Å². The van der Waals surface area contributed by atoms with E-state index in [4.69, 9.17) is 19.4 Å². The van der Waals surface area contributed by atoms with Crippen molar-refractivity contribution in [3.8, 4) is 5.75 Å². The fourth-order valence-corrected chi connectivity index (χ4v) is 1.43. The molecule has 0 heterocycles. The standard InChI is InChI=1S/C7H11O4P/c1-11-6-2-4-7(5-3-6)12(8,9)10/h2-5,8-10,12H,1H3. The molecule has 0 aliphatic rings. The van der Waals surface area contributed by atoms with Gasteiger partial charge in [0, 0.05) is 0 Å². The second kappa shape index (κ2) is 3.37. The number of rotatable bonds is 2. The molecule has 0 spiro atoms. The molecule has 1 aromatic rings. The van der Waals surface area contributed by atoms with E-state index in [1.807, 2.05) is 0 Å². The molecule has 4 nitrogen and oxygen atoms in total. The van der Waals surface area contributed by atoms with Gasteiger partial charge in [0.05, 0.1) is 0 Å². The SMILES string of the molecule is COc1ccc([PH](O)(O)O)cc1. The van der Waals surface area contributed by atoms with Gasteiger partial charge in [-0.1, -0.05) is 0 Å². The van der Waals surface area contributed by atoms with Crippen LogP contribution >= 0.6 is 7.94 Å². The van der Waals surface area contributed by atoms with Gasteiger partial charge in [-0.3, -0.25) is 0 Å². The van der Waals surface area contributed by atoms with Crippen molar-refractivity contribution >= 4 is 13.2 Å². The van der Waals surface area contributed by atoms with Gasteiger partial charge in [-0.15, -0.1) is 0 Å².